The van der Waals surface area contributed by atoms with E-state index >= 15 is 0 Å². The number of ether oxygens (including phenoxy) is 2. The number of hydrogen-bond donors (Lipinski definition) is 0. The van der Waals surface area contributed by atoms with Crippen LogP contribution in [-0.2, 0) is 0 Å². The van der Waals surface area contributed by atoms with Crippen LogP contribution in [0.25, 0.3) is 16.6 Å². The summed E-state index contributed by atoms with van der Waals surface area (Å²) in [5, 5.41) is 14.3. The molecule has 1 saturated heterocycles. The summed E-state index contributed by atoms with van der Waals surface area (Å²) in [5.41, 5.74) is 2.92. The Morgan fingerprint density at radius 2 is 1.83 bits per heavy atom. The zero-order valence-electron chi connectivity index (χ0n) is 16.4. The van der Waals surface area contributed by atoms with E-state index in [2.05, 4.69) is 37.3 Å². The first-order chi connectivity index (χ1) is 14.3. The van der Waals surface area contributed by atoms with Crippen molar-refractivity contribution in [2.75, 3.05) is 32.2 Å². The van der Waals surface area contributed by atoms with E-state index in [1.807, 2.05) is 28.9 Å². The van der Waals surface area contributed by atoms with Crippen molar-refractivity contribution >= 4 is 22.2 Å². The maximum absolute atomic E-state index is 5.41. The Hall–Kier alpha value is -3.42. The monoisotopic (exact) mass is 390 g/mol. The van der Waals surface area contributed by atoms with Gasteiger partial charge in [-0.2, -0.15) is 4.52 Å². The molecule has 0 spiro atoms. The summed E-state index contributed by atoms with van der Waals surface area (Å²) in [4.78, 5) is 6.91. The molecule has 8 heteroatoms. The van der Waals surface area contributed by atoms with E-state index in [4.69, 9.17) is 9.47 Å². The van der Waals surface area contributed by atoms with Gasteiger partial charge in [0.2, 0.25) is 5.88 Å². The summed E-state index contributed by atoms with van der Waals surface area (Å²) in [5.74, 6) is 2.62. The Kier molecular flexibility index (Phi) is 4.38. The lowest BCUT2D eigenvalue weighted by molar-refractivity contribution is 0.387. The maximum Gasteiger partial charge on any atom is 0.231 e. The Labute approximate surface area is 168 Å². The van der Waals surface area contributed by atoms with Crippen LogP contribution in [0.5, 0.6) is 11.6 Å². The number of rotatable bonds is 4. The highest BCUT2D eigenvalue weighted by Crippen LogP contribution is 2.34. The van der Waals surface area contributed by atoms with Gasteiger partial charge in [-0.05, 0) is 43.2 Å². The minimum Gasteiger partial charge on any atom is -0.497 e. The molecule has 3 aromatic heterocycles. The fraction of sp³-hybridized carbons (Fsp3) is 0.333. The zero-order chi connectivity index (χ0) is 19.8. The third-order valence-corrected chi connectivity index (χ3v) is 5.60. The van der Waals surface area contributed by atoms with Crippen LogP contribution in [0.2, 0.25) is 0 Å². The predicted octanol–water partition coefficient (Wildman–Crippen LogP) is 3.07. The van der Waals surface area contributed by atoms with E-state index in [0.29, 0.717) is 11.8 Å². The standard InChI is InChI=1S/C21H22N6O2/c1-28-15-3-4-17-16(13-15)18(7-10-22-17)26-11-8-14(9-12-26)21-24-23-19-5-6-20(29-2)25-27(19)21/h3-7,10,13-14H,8-9,11-12H2,1-2H3. The zero-order valence-corrected chi connectivity index (χ0v) is 16.4. The molecule has 0 radical (unpaired) electrons. The van der Waals surface area contributed by atoms with E-state index in [-0.39, 0.29) is 0 Å². The van der Waals surface area contributed by atoms with Gasteiger partial charge in [-0.3, -0.25) is 4.98 Å². The van der Waals surface area contributed by atoms with Crippen molar-refractivity contribution in [2.24, 2.45) is 0 Å². The third kappa shape index (κ3) is 3.10. The number of benzene rings is 1. The van der Waals surface area contributed by atoms with E-state index in [1.54, 1.807) is 20.3 Å². The molecule has 1 aromatic carbocycles. The van der Waals surface area contributed by atoms with Gasteiger partial charge in [0.25, 0.3) is 0 Å². The molecule has 1 aliphatic rings. The highest BCUT2D eigenvalue weighted by atomic mass is 16.5. The summed E-state index contributed by atoms with van der Waals surface area (Å²) in [6.07, 6.45) is 3.83. The molecule has 4 heterocycles. The first-order valence-electron chi connectivity index (χ1n) is 9.71. The smallest absolute Gasteiger partial charge is 0.231 e. The molecular weight excluding hydrogens is 368 g/mol. The lowest BCUT2D eigenvalue weighted by Crippen LogP contribution is -2.33. The van der Waals surface area contributed by atoms with E-state index in [9.17, 15) is 0 Å². The molecule has 0 aliphatic carbocycles. The second-order valence-corrected chi connectivity index (χ2v) is 7.18. The number of aromatic nitrogens is 5. The minimum absolute atomic E-state index is 0.309. The average molecular weight is 390 g/mol. The molecule has 0 N–H and O–H groups in total. The number of pyridine rings is 1. The van der Waals surface area contributed by atoms with Crippen LogP contribution in [0, 0.1) is 0 Å². The van der Waals surface area contributed by atoms with Gasteiger partial charge < -0.3 is 14.4 Å². The number of anilines is 1. The van der Waals surface area contributed by atoms with Crippen molar-refractivity contribution in [3.8, 4) is 11.6 Å². The summed E-state index contributed by atoms with van der Waals surface area (Å²) < 4.78 is 12.5. The molecule has 8 nitrogen and oxygen atoms in total. The predicted molar refractivity (Wildman–Crippen MR) is 110 cm³/mol. The van der Waals surface area contributed by atoms with Gasteiger partial charge in [-0.1, -0.05) is 0 Å². The highest BCUT2D eigenvalue weighted by molar-refractivity contribution is 5.92. The van der Waals surface area contributed by atoms with E-state index in [1.165, 1.54) is 5.69 Å². The van der Waals surface area contributed by atoms with Crippen LogP contribution in [-0.4, -0.2) is 52.1 Å². The number of fused-ring (bicyclic) bond motifs is 2. The Morgan fingerprint density at radius 1 is 0.966 bits per heavy atom. The molecule has 4 aromatic rings. The maximum atomic E-state index is 5.41. The van der Waals surface area contributed by atoms with Crippen molar-refractivity contribution in [3.05, 3.63) is 48.4 Å². The summed E-state index contributed by atoms with van der Waals surface area (Å²) in [6, 6.07) is 11.8. The van der Waals surface area contributed by atoms with Crippen LogP contribution >= 0.6 is 0 Å². The quantitative estimate of drug-likeness (QED) is 0.530. The van der Waals surface area contributed by atoms with Gasteiger partial charge in [-0.15, -0.1) is 15.3 Å². The number of piperidine rings is 1. The third-order valence-electron chi connectivity index (χ3n) is 5.60. The molecule has 0 atom stereocenters. The average Bonchev–Trinajstić information content (AvgIpc) is 3.21. The normalized spacial score (nSPS) is 15.2. The van der Waals surface area contributed by atoms with Gasteiger partial charge >= 0.3 is 0 Å². The lowest BCUT2D eigenvalue weighted by Gasteiger charge is -2.33. The van der Waals surface area contributed by atoms with Gasteiger partial charge in [0.15, 0.2) is 11.5 Å². The van der Waals surface area contributed by atoms with Gasteiger partial charge in [0, 0.05) is 42.3 Å². The first kappa shape index (κ1) is 17.7. The molecular formula is C21H22N6O2. The molecule has 1 fully saturated rings. The fourth-order valence-electron chi connectivity index (χ4n) is 4.04. The number of hydrogen-bond acceptors (Lipinski definition) is 7. The van der Waals surface area contributed by atoms with Crippen molar-refractivity contribution in [1.29, 1.82) is 0 Å². The van der Waals surface area contributed by atoms with Crippen molar-refractivity contribution in [3.63, 3.8) is 0 Å². The summed E-state index contributed by atoms with van der Waals surface area (Å²) >= 11 is 0. The van der Waals surface area contributed by atoms with Crippen LogP contribution < -0.4 is 14.4 Å². The number of nitrogens with zero attached hydrogens (tertiary/aromatic N) is 6. The highest BCUT2D eigenvalue weighted by Gasteiger charge is 2.26. The van der Waals surface area contributed by atoms with Crippen LogP contribution in [0.4, 0.5) is 5.69 Å². The Bertz CT molecular complexity index is 1170. The minimum atomic E-state index is 0.309. The molecule has 1 aliphatic heterocycles. The Morgan fingerprint density at radius 3 is 2.62 bits per heavy atom. The SMILES string of the molecule is COc1ccc2nccc(N3CCC(c4nnc5ccc(OC)nn45)CC3)c2c1. The Balaban J connectivity index is 1.41. The van der Waals surface area contributed by atoms with E-state index in [0.717, 1.165) is 54.1 Å². The second kappa shape index (κ2) is 7.20. The summed E-state index contributed by atoms with van der Waals surface area (Å²) in [7, 11) is 3.30. The van der Waals surface area contributed by atoms with Crippen molar-refractivity contribution < 1.29 is 9.47 Å². The fourth-order valence-corrected chi connectivity index (χ4v) is 4.04. The van der Waals surface area contributed by atoms with Crippen LogP contribution in [0.3, 0.4) is 0 Å². The molecule has 0 saturated carbocycles. The van der Waals surface area contributed by atoms with Crippen LogP contribution in [0.1, 0.15) is 24.6 Å². The van der Waals surface area contributed by atoms with Crippen molar-refractivity contribution in [1.82, 2.24) is 24.8 Å². The molecule has 0 amide bonds. The molecule has 148 valence electrons. The van der Waals surface area contributed by atoms with Crippen LogP contribution in [0.15, 0.2) is 42.6 Å². The molecule has 0 bridgehead atoms. The molecule has 5 rings (SSSR count). The molecule has 0 unspecified atom stereocenters. The largest absolute Gasteiger partial charge is 0.497 e. The van der Waals surface area contributed by atoms with Gasteiger partial charge in [0.1, 0.15) is 5.75 Å². The van der Waals surface area contributed by atoms with Gasteiger partial charge in [0.05, 0.1) is 19.7 Å². The summed E-state index contributed by atoms with van der Waals surface area (Å²) in [6.45, 7) is 1.86. The van der Waals surface area contributed by atoms with E-state index < -0.39 is 0 Å². The topological polar surface area (TPSA) is 77.7 Å². The number of methoxy groups -OCH3 is 2. The van der Waals surface area contributed by atoms with Gasteiger partial charge in [-0.25, -0.2) is 0 Å². The first-order valence-corrected chi connectivity index (χ1v) is 9.71. The lowest BCUT2D eigenvalue weighted by atomic mass is 9.95. The second-order valence-electron chi connectivity index (χ2n) is 7.18. The van der Waals surface area contributed by atoms with Crippen molar-refractivity contribution in [2.45, 2.75) is 18.8 Å². The molecule has 29 heavy (non-hydrogen) atoms.